The number of pyridine rings is 1. The molecule has 1 aromatic carbocycles. The van der Waals surface area contributed by atoms with Gasteiger partial charge >= 0.3 is 5.97 Å². The van der Waals surface area contributed by atoms with Gasteiger partial charge in [0.1, 0.15) is 11.5 Å². The Balaban J connectivity index is 1.82. The third-order valence-corrected chi connectivity index (χ3v) is 4.60. The number of furan rings is 1. The van der Waals surface area contributed by atoms with E-state index in [-0.39, 0.29) is 31.5 Å². The standard InChI is InChI=1S/C23H20N4O4/c1-16-8-9-21(31-16)20-14-18(17-6-2-3-7-19(17)26-20)23(29)30-15-22(28)27(12-4-10-24)13-5-11-25/h2-3,6-9,14H,4-5,12-13,15H2,1H3. The van der Waals surface area contributed by atoms with Crippen molar-refractivity contribution in [1.29, 1.82) is 10.5 Å². The minimum absolute atomic E-state index is 0.131. The number of fused-ring (bicyclic) bond motifs is 1. The number of hydrogen-bond donors (Lipinski definition) is 0. The molecular formula is C23H20N4O4. The number of aromatic nitrogens is 1. The van der Waals surface area contributed by atoms with Crippen molar-refractivity contribution < 1.29 is 18.7 Å². The molecule has 8 heteroatoms. The van der Waals surface area contributed by atoms with Gasteiger partial charge in [0.15, 0.2) is 12.4 Å². The van der Waals surface area contributed by atoms with Gasteiger partial charge in [0.05, 0.1) is 36.1 Å². The Morgan fingerprint density at radius 3 is 2.45 bits per heavy atom. The number of rotatable bonds is 8. The van der Waals surface area contributed by atoms with Crippen molar-refractivity contribution in [3.8, 4) is 23.6 Å². The van der Waals surface area contributed by atoms with Crippen LogP contribution in [0.15, 0.2) is 46.9 Å². The Hall–Kier alpha value is -4.17. The molecule has 8 nitrogen and oxygen atoms in total. The maximum Gasteiger partial charge on any atom is 0.339 e. The molecule has 3 rings (SSSR count). The summed E-state index contributed by atoms with van der Waals surface area (Å²) in [4.78, 5) is 31.2. The predicted molar refractivity (Wildman–Crippen MR) is 112 cm³/mol. The van der Waals surface area contributed by atoms with Gasteiger partial charge in [0.2, 0.25) is 0 Å². The first-order chi connectivity index (χ1) is 15.0. The summed E-state index contributed by atoms with van der Waals surface area (Å²) in [5, 5.41) is 18.1. The number of para-hydroxylation sites is 1. The van der Waals surface area contributed by atoms with Gasteiger partial charge in [-0.2, -0.15) is 10.5 Å². The third kappa shape index (κ3) is 5.26. The fourth-order valence-corrected chi connectivity index (χ4v) is 3.07. The average molecular weight is 416 g/mol. The maximum atomic E-state index is 12.8. The van der Waals surface area contributed by atoms with Crippen molar-refractivity contribution in [2.45, 2.75) is 19.8 Å². The molecule has 0 aliphatic heterocycles. The topological polar surface area (TPSA) is 120 Å². The van der Waals surface area contributed by atoms with Crippen molar-refractivity contribution in [3.63, 3.8) is 0 Å². The largest absolute Gasteiger partial charge is 0.460 e. The van der Waals surface area contributed by atoms with Crippen molar-refractivity contribution >= 4 is 22.8 Å². The Morgan fingerprint density at radius 1 is 1.10 bits per heavy atom. The highest BCUT2D eigenvalue weighted by molar-refractivity contribution is 6.05. The second kappa shape index (κ2) is 10.0. The molecule has 31 heavy (non-hydrogen) atoms. The molecule has 0 bridgehead atoms. The van der Waals surface area contributed by atoms with Crippen LogP contribution in [0, 0.1) is 29.6 Å². The van der Waals surface area contributed by atoms with Gasteiger partial charge < -0.3 is 14.1 Å². The van der Waals surface area contributed by atoms with Crippen LogP contribution in [0.4, 0.5) is 0 Å². The first kappa shape index (κ1) is 21.5. The normalized spacial score (nSPS) is 10.3. The molecule has 0 radical (unpaired) electrons. The Labute approximate surface area is 179 Å². The number of esters is 1. The van der Waals surface area contributed by atoms with Gasteiger partial charge in [-0.3, -0.25) is 4.79 Å². The number of carbonyl (C=O) groups excluding carboxylic acids is 2. The van der Waals surface area contributed by atoms with Crippen LogP contribution in [0.3, 0.4) is 0 Å². The Bertz CT molecular complexity index is 1170. The number of amides is 1. The summed E-state index contributed by atoms with van der Waals surface area (Å²) in [7, 11) is 0. The monoisotopic (exact) mass is 416 g/mol. The molecular weight excluding hydrogens is 396 g/mol. The van der Waals surface area contributed by atoms with Crippen molar-refractivity contribution in [3.05, 3.63) is 53.8 Å². The lowest BCUT2D eigenvalue weighted by atomic mass is 10.1. The summed E-state index contributed by atoms with van der Waals surface area (Å²) in [6.45, 7) is 1.68. The minimum Gasteiger partial charge on any atom is -0.460 e. The van der Waals surface area contributed by atoms with Crippen molar-refractivity contribution in [2.75, 3.05) is 19.7 Å². The van der Waals surface area contributed by atoms with Crippen LogP contribution < -0.4 is 0 Å². The Kier molecular flexibility index (Phi) is 6.97. The van der Waals surface area contributed by atoms with E-state index in [0.29, 0.717) is 22.4 Å². The number of nitrogens with zero attached hydrogens (tertiary/aromatic N) is 4. The van der Waals surface area contributed by atoms with Crippen molar-refractivity contribution in [1.82, 2.24) is 9.88 Å². The number of carbonyl (C=O) groups is 2. The summed E-state index contributed by atoms with van der Waals surface area (Å²) < 4.78 is 10.9. The third-order valence-electron chi connectivity index (χ3n) is 4.60. The van der Waals surface area contributed by atoms with Gasteiger partial charge in [-0.25, -0.2) is 9.78 Å². The van der Waals surface area contributed by atoms with Gasteiger partial charge in [-0.05, 0) is 31.2 Å². The molecule has 0 N–H and O–H groups in total. The smallest absolute Gasteiger partial charge is 0.339 e. The highest BCUT2D eigenvalue weighted by atomic mass is 16.5. The highest BCUT2D eigenvalue weighted by Crippen LogP contribution is 2.26. The summed E-state index contributed by atoms with van der Waals surface area (Å²) in [6.07, 6.45) is 0.262. The van der Waals surface area contributed by atoms with Gasteiger partial charge in [0.25, 0.3) is 5.91 Å². The van der Waals surface area contributed by atoms with Crippen molar-refractivity contribution in [2.24, 2.45) is 0 Å². The number of hydrogen-bond acceptors (Lipinski definition) is 7. The van der Waals surface area contributed by atoms with Crippen LogP contribution in [-0.2, 0) is 9.53 Å². The zero-order valence-corrected chi connectivity index (χ0v) is 17.0. The summed E-state index contributed by atoms with van der Waals surface area (Å²) in [6, 6.07) is 16.2. The fraction of sp³-hybridized carbons (Fsp3) is 0.261. The molecule has 0 atom stereocenters. The number of ether oxygens (including phenoxy) is 1. The summed E-state index contributed by atoms with van der Waals surface area (Å²) >= 11 is 0. The first-order valence-electron chi connectivity index (χ1n) is 9.69. The van der Waals surface area contributed by atoms with Gasteiger partial charge in [-0.15, -0.1) is 0 Å². The number of aryl methyl sites for hydroxylation is 1. The van der Waals surface area contributed by atoms with Crippen LogP contribution in [0.5, 0.6) is 0 Å². The number of nitriles is 2. The molecule has 0 saturated heterocycles. The molecule has 1 amide bonds. The molecule has 2 aromatic heterocycles. The van der Waals surface area contributed by atoms with E-state index >= 15 is 0 Å². The van der Waals surface area contributed by atoms with E-state index in [2.05, 4.69) is 4.98 Å². The van der Waals surface area contributed by atoms with E-state index in [4.69, 9.17) is 19.7 Å². The van der Waals surface area contributed by atoms with E-state index in [9.17, 15) is 9.59 Å². The Morgan fingerprint density at radius 2 is 1.81 bits per heavy atom. The van der Waals surface area contributed by atoms with E-state index in [1.54, 1.807) is 36.4 Å². The van der Waals surface area contributed by atoms with E-state index in [1.165, 1.54) is 4.90 Å². The summed E-state index contributed by atoms with van der Waals surface area (Å²) in [5.41, 5.74) is 1.34. The van der Waals surface area contributed by atoms with Crippen LogP contribution in [0.2, 0.25) is 0 Å². The highest BCUT2D eigenvalue weighted by Gasteiger charge is 2.19. The minimum atomic E-state index is -0.669. The molecule has 156 valence electrons. The zero-order chi connectivity index (χ0) is 22.2. The maximum absolute atomic E-state index is 12.8. The van der Waals surface area contributed by atoms with Crippen LogP contribution in [0.25, 0.3) is 22.4 Å². The lowest BCUT2D eigenvalue weighted by molar-refractivity contribution is -0.134. The molecule has 0 spiro atoms. The van der Waals surface area contributed by atoms with Gasteiger partial charge in [0, 0.05) is 18.5 Å². The lowest BCUT2D eigenvalue weighted by Crippen LogP contribution is -2.36. The lowest BCUT2D eigenvalue weighted by Gasteiger charge is -2.20. The molecule has 0 unspecified atom stereocenters. The zero-order valence-electron chi connectivity index (χ0n) is 17.0. The van der Waals surface area contributed by atoms with E-state index in [0.717, 1.165) is 5.76 Å². The van der Waals surface area contributed by atoms with E-state index in [1.807, 2.05) is 25.1 Å². The average Bonchev–Trinajstić information content (AvgIpc) is 3.23. The molecule has 0 aliphatic carbocycles. The van der Waals surface area contributed by atoms with Crippen LogP contribution in [-0.4, -0.2) is 41.5 Å². The molecule has 0 fully saturated rings. The van der Waals surface area contributed by atoms with E-state index < -0.39 is 18.5 Å². The molecule has 3 aromatic rings. The molecule has 0 aliphatic rings. The second-order valence-electron chi connectivity index (χ2n) is 6.76. The summed E-state index contributed by atoms with van der Waals surface area (Å²) in [5.74, 6) is 0.109. The molecule has 0 saturated carbocycles. The SMILES string of the molecule is Cc1ccc(-c2cc(C(=O)OCC(=O)N(CCC#N)CCC#N)c3ccccc3n2)o1. The first-order valence-corrected chi connectivity index (χ1v) is 9.69. The second-order valence-corrected chi connectivity index (χ2v) is 6.76. The van der Waals surface area contributed by atoms with Crippen LogP contribution in [0.1, 0.15) is 29.0 Å². The number of benzene rings is 1. The van der Waals surface area contributed by atoms with Gasteiger partial charge in [-0.1, -0.05) is 18.2 Å². The fourth-order valence-electron chi connectivity index (χ4n) is 3.07. The molecule has 2 heterocycles. The van der Waals surface area contributed by atoms with Crippen LogP contribution >= 0.6 is 0 Å². The quantitative estimate of drug-likeness (QED) is 0.514. The predicted octanol–water partition coefficient (Wildman–Crippen LogP) is 3.62.